The van der Waals surface area contributed by atoms with Gasteiger partial charge < -0.3 is 9.80 Å². The third kappa shape index (κ3) is 2.37. The fourth-order valence-corrected chi connectivity index (χ4v) is 2.71. The molecule has 0 aliphatic carbocycles. The highest BCUT2D eigenvalue weighted by molar-refractivity contribution is 6.06. The number of fused-ring (bicyclic) bond motifs is 1. The number of anilines is 2. The van der Waals surface area contributed by atoms with Gasteiger partial charge in [0.15, 0.2) is 0 Å². The third-order valence-electron chi connectivity index (χ3n) is 3.89. The Kier molecular flexibility index (Phi) is 3.37. The molecule has 1 amide bonds. The van der Waals surface area contributed by atoms with E-state index in [0.29, 0.717) is 0 Å². The van der Waals surface area contributed by atoms with E-state index in [9.17, 15) is 4.79 Å². The van der Waals surface area contributed by atoms with Crippen LogP contribution in [0.4, 0.5) is 11.4 Å². The smallest absolute Gasteiger partial charge is 0.298 e. The monoisotopic (exact) mass is 285 g/mol. The number of nitrogens with zero attached hydrogens (tertiary/aromatic N) is 5. The van der Waals surface area contributed by atoms with Crippen LogP contribution in [0.1, 0.15) is 24.0 Å². The molecule has 1 aromatic carbocycles. The van der Waals surface area contributed by atoms with Crippen LogP contribution in [0.25, 0.3) is 0 Å². The zero-order valence-electron chi connectivity index (χ0n) is 12.5. The summed E-state index contributed by atoms with van der Waals surface area (Å²) in [6.07, 6.45) is 2.46. The lowest BCUT2D eigenvalue weighted by Crippen LogP contribution is -2.39. The highest BCUT2D eigenvalue weighted by atomic mass is 16.2. The van der Waals surface area contributed by atoms with Gasteiger partial charge in [-0.15, -0.1) is 5.10 Å². The van der Waals surface area contributed by atoms with Crippen molar-refractivity contribution in [3.63, 3.8) is 0 Å². The van der Waals surface area contributed by atoms with Crippen LogP contribution in [0.3, 0.4) is 0 Å². The molecule has 1 unspecified atom stereocenters. The van der Waals surface area contributed by atoms with Gasteiger partial charge in [0.25, 0.3) is 5.91 Å². The number of rotatable bonds is 1. The maximum absolute atomic E-state index is 12.8. The van der Waals surface area contributed by atoms with Gasteiger partial charge in [0.1, 0.15) is 6.33 Å². The Bertz CT molecular complexity index is 666. The molecule has 1 atom stereocenters. The molecular weight excluding hydrogens is 266 g/mol. The van der Waals surface area contributed by atoms with Crippen molar-refractivity contribution in [1.82, 2.24) is 14.8 Å². The number of amides is 1. The first-order chi connectivity index (χ1) is 10.1. The Morgan fingerprint density at radius 1 is 1.24 bits per heavy atom. The largest absolute Gasteiger partial charge is 0.373 e. The lowest BCUT2D eigenvalue weighted by molar-refractivity contribution is 0.0968. The molecule has 0 spiro atoms. The average Bonchev–Trinajstić information content (AvgIpc) is 2.87. The van der Waals surface area contributed by atoms with Gasteiger partial charge in [0, 0.05) is 26.7 Å². The minimum atomic E-state index is -0.147. The number of hydrogen-bond acceptors (Lipinski definition) is 4. The molecular formula is C15H19N5O. The van der Waals surface area contributed by atoms with Crippen molar-refractivity contribution >= 4 is 17.3 Å². The second-order valence-corrected chi connectivity index (χ2v) is 5.46. The van der Waals surface area contributed by atoms with E-state index in [0.717, 1.165) is 24.3 Å². The number of aromatic nitrogens is 3. The Balaban J connectivity index is 2.06. The van der Waals surface area contributed by atoms with Crippen LogP contribution in [-0.2, 0) is 7.05 Å². The first kappa shape index (κ1) is 13.6. The normalized spacial score (nSPS) is 18.3. The summed E-state index contributed by atoms with van der Waals surface area (Å²) in [5.41, 5.74) is 1.98. The zero-order valence-corrected chi connectivity index (χ0v) is 12.5. The summed E-state index contributed by atoms with van der Waals surface area (Å²) in [6, 6.07) is 8.07. The Labute approximate surface area is 124 Å². The van der Waals surface area contributed by atoms with E-state index in [1.54, 1.807) is 18.1 Å². The minimum Gasteiger partial charge on any atom is -0.373 e. The highest BCUT2D eigenvalue weighted by Crippen LogP contribution is 2.34. The van der Waals surface area contributed by atoms with Crippen LogP contribution >= 0.6 is 0 Å². The molecule has 6 nitrogen and oxygen atoms in total. The van der Waals surface area contributed by atoms with E-state index in [-0.39, 0.29) is 17.8 Å². The van der Waals surface area contributed by atoms with E-state index in [2.05, 4.69) is 29.0 Å². The number of carbonyl (C=O) groups is 1. The number of hydrogen-bond donors (Lipinski definition) is 0. The second kappa shape index (κ2) is 5.20. The van der Waals surface area contributed by atoms with Gasteiger partial charge in [0.05, 0.1) is 11.4 Å². The fourth-order valence-electron chi connectivity index (χ4n) is 2.71. The summed E-state index contributed by atoms with van der Waals surface area (Å²) in [5, 5.41) is 4.14. The third-order valence-corrected chi connectivity index (χ3v) is 3.89. The van der Waals surface area contributed by atoms with E-state index in [4.69, 9.17) is 0 Å². The molecule has 1 aromatic heterocycles. The molecule has 21 heavy (non-hydrogen) atoms. The maximum Gasteiger partial charge on any atom is 0.298 e. The van der Waals surface area contributed by atoms with Gasteiger partial charge in [-0.25, -0.2) is 4.98 Å². The summed E-state index contributed by atoms with van der Waals surface area (Å²) in [6.45, 7) is 2.98. The molecule has 0 bridgehead atoms. The van der Waals surface area contributed by atoms with Gasteiger partial charge >= 0.3 is 0 Å². The number of benzene rings is 1. The lowest BCUT2D eigenvalue weighted by atomic mass is 10.1. The summed E-state index contributed by atoms with van der Waals surface area (Å²) in [7, 11) is 3.82. The van der Waals surface area contributed by atoms with E-state index in [1.165, 1.54) is 0 Å². The highest BCUT2D eigenvalue weighted by Gasteiger charge is 2.30. The lowest BCUT2D eigenvalue weighted by Gasteiger charge is -2.27. The molecule has 0 fully saturated rings. The Hall–Kier alpha value is -2.37. The van der Waals surface area contributed by atoms with E-state index < -0.39 is 0 Å². The van der Waals surface area contributed by atoms with Gasteiger partial charge in [-0.05, 0) is 25.5 Å². The summed E-state index contributed by atoms with van der Waals surface area (Å²) < 4.78 is 1.55. The van der Waals surface area contributed by atoms with Gasteiger partial charge in [-0.2, -0.15) is 0 Å². The number of para-hydroxylation sites is 2. The molecule has 110 valence electrons. The topological polar surface area (TPSA) is 54.3 Å². The fraction of sp³-hybridized carbons (Fsp3) is 0.400. The van der Waals surface area contributed by atoms with Crippen molar-refractivity contribution < 1.29 is 4.79 Å². The van der Waals surface area contributed by atoms with Crippen LogP contribution < -0.4 is 9.80 Å². The molecule has 6 heteroatoms. The van der Waals surface area contributed by atoms with Crippen molar-refractivity contribution in [2.24, 2.45) is 7.05 Å². The van der Waals surface area contributed by atoms with Crippen LogP contribution in [0, 0.1) is 0 Å². The summed E-state index contributed by atoms with van der Waals surface area (Å²) in [4.78, 5) is 20.9. The first-order valence-electron chi connectivity index (χ1n) is 7.07. The zero-order chi connectivity index (χ0) is 15.0. The standard InChI is InChI=1S/C15H19N5O/c1-11-8-9-18(2)12-6-4-5-7-13(12)20(11)15(21)14-16-10-19(3)17-14/h4-7,10-11H,8-9H2,1-3H3. The van der Waals surface area contributed by atoms with Gasteiger partial charge in [0.2, 0.25) is 5.82 Å². The molecule has 0 N–H and O–H groups in total. The Morgan fingerprint density at radius 3 is 2.62 bits per heavy atom. The summed E-state index contributed by atoms with van der Waals surface area (Å²) >= 11 is 0. The first-order valence-corrected chi connectivity index (χ1v) is 7.07. The van der Waals surface area contributed by atoms with Crippen molar-refractivity contribution in [2.45, 2.75) is 19.4 Å². The van der Waals surface area contributed by atoms with Crippen LogP contribution in [0.5, 0.6) is 0 Å². The molecule has 0 saturated heterocycles. The van der Waals surface area contributed by atoms with Crippen LogP contribution in [0.2, 0.25) is 0 Å². The predicted octanol–water partition coefficient (Wildman–Crippen LogP) is 1.69. The maximum atomic E-state index is 12.8. The molecule has 0 saturated carbocycles. The van der Waals surface area contributed by atoms with Crippen molar-refractivity contribution in [3.05, 3.63) is 36.4 Å². The number of carbonyl (C=O) groups excluding carboxylic acids is 1. The van der Waals surface area contributed by atoms with E-state index >= 15 is 0 Å². The second-order valence-electron chi connectivity index (χ2n) is 5.46. The molecule has 2 aromatic rings. The summed E-state index contributed by atoms with van der Waals surface area (Å²) in [5.74, 6) is 0.0922. The van der Waals surface area contributed by atoms with Gasteiger partial charge in [-0.1, -0.05) is 12.1 Å². The molecule has 1 aliphatic rings. The van der Waals surface area contributed by atoms with Crippen LogP contribution in [-0.4, -0.2) is 40.3 Å². The SMILES string of the molecule is CC1CCN(C)c2ccccc2N1C(=O)c1ncn(C)n1. The van der Waals surface area contributed by atoms with Crippen LogP contribution in [0.15, 0.2) is 30.6 Å². The molecule has 1 aliphatic heterocycles. The minimum absolute atomic E-state index is 0.104. The quantitative estimate of drug-likeness (QED) is 0.800. The van der Waals surface area contributed by atoms with Crippen molar-refractivity contribution in [1.29, 1.82) is 0 Å². The van der Waals surface area contributed by atoms with E-state index in [1.807, 2.05) is 29.2 Å². The Morgan fingerprint density at radius 2 is 1.95 bits per heavy atom. The van der Waals surface area contributed by atoms with Crippen molar-refractivity contribution in [3.8, 4) is 0 Å². The molecule has 3 rings (SSSR count). The average molecular weight is 285 g/mol. The number of aryl methyl sites for hydroxylation is 1. The predicted molar refractivity (Wildman–Crippen MR) is 81.6 cm³/mol. The molecule has 2 heterocycles. The van der Waals surface area contributed by atoms with Crippen molar-refractivity contribution in [2.75, 3.05) is 23.4 Å². The molecule has 0 radical (unpaired) electrons. The van der Waals surface area contributed by atoms with Gasteiger partial charge in [-0.3, -0.25) is 9.48 Å².